The van der Waals surface area contributed by atoms with E-state index in [1.165, 1.54) is 16.7 Å². The third-order valence-electron chi connectivity index (χ3n) is 6.69. The first-order chi connectivity index (χ1) is 14.5. The lowest BCUT2D eigenvalue weighted by molar-refractivity contribution is 0.176. The monoisotopic (exact) mass is 554 g/mol. The molecule has 2 atom stereocenters. The number of fused-ring (bicyclic) bond motifs is 1. The number of piperidine rings is 1. The zero-order chi connectivity index (χ0) is 22.6. The SMILES string of the molecule is Cc1ccc2c(c1)[C@@H](NS(=O)C(C)(C)C)C1(CCN(c3ncc(I)c(=O)n3C)CC1)C2. The van der Waals surface area contributed by atoms with Crippen LogP contribution in [0.1, 0.15) is 56.3 Å². The van der Waals surface area contributed by atoms with Crippen molar-refractivity contribution in [3.63, 3.8) is 0 Å². The summed E-state index contributed by atoms with van der Waals surface area (Å²) in [5.74, 6) is 0.731. The van der Waals surface area contributed by atoms with E-state index in [4.69, 9.17) is 0 Å². The van der Waals surface area contributed by atoms with Crippen molar-refractivity contribution in [1.82, 2.24) is 14.3 Å². The molecule has 1 unspecified atom stereocenters. The number of anilines is 1. The second-order valence-corrected chi connectivity index (χ2v) is 13.1. The maximum absolute atomic E-state index is 13.1. The Hall–Kier alpha value is -1.26. The first-order valence-electron chi connectivity index (χ1n) is 10.8. The molecule has 4 rings (SSSR count). The molecule has 1 saturated heterocycles. The predicted molar refractivity (Wildman–Crippen MR) is 135 cm³/mol. The van der Waals surface area contributed by atoms with Gasteiger partial charge in [0.15, 0.2) is 0 Å². The summed E-state index contributed by atoms with van der Waals surface area (Å²) in [6.45, 7) is 9.82. The normalized spacial score (nSPS) is 21.4. The van der Waals surface area contributed by atoms with Crippen LogP contribution in [0.4, 0.5) is 5.95 Å². The second kappa shape index (κ2) is 8.26. The van der Waals surface area contributed by atoms with Crippen LogP contribution in [0.5, 0.6) is 0 Å². The molecule has 6 nitrogen and oxygen atoms in total. The molecular weight excluding hydrogens is 523 g/mol. The third-order valence-corrected chi connectivity index (χ3v) is 8.99. The molecule has 1 N–H and O–H groups in total. The van der Waals surface area contributed by atoms with Gasteiger partial charge < -0.3 is 4.90 Å². The van der Waals surface area contributed by atoms with Crippen molar-refractivity contribution in [2.45, 2.75) is 57.7 Å². The highest BCUT2D eigenvalue weighted by Gasteiger charge is 2.49. The molecule has 1 aromatic heterocycles. The van der Waals surface area contributed by atoms with E-state index >= 15 is 0 Å². The fourth-order valence-electron chi connectivity index (χ4n) is 4.85. The Bertz CT molecular complexity index is 1080. The molecule has 168 valence electrons. The molecule has 2 aliphatic rings. The minimum atomic E-state index is -1.15. The van der Waals surface area contributed by atoms with Crippen LogP contribution in [0.3, 0.4) is 0 Å². The van der Waals surface area contributed by atoms with Gasteiger partial charge in [-0.1, -0.05) is 23.8 Å². The third kappa shape index (κ3) is 4.23. The summed E-state index contributed by atoms with van der Waals surface area (Å²) >= 11 is 2.03. The van der Waals surface area contributed by atoms with Gasteiger partial charge in [-0.2, -0.15) is 0 Å². The van der Waals surface area contributed by atoms with Crippen LogP contribution >= 0.6 is 22.6 Å². The van der Waals surface area contributed by atoms with E-state index in [1.807, 2.05) is 43.4 Å². The standard InChI is InChI=1S/C23H31IN4O2S/c1-15-6-7-16-13-23(19(17(16)12-15)26-31(30)22(2,3)4)8-10-28(11-9-23)21-25-14-18(24)20(29)27(21)5/h6-7,12,14,19,26H,8-11,13H2,1-5H3/t19-,31?/m1/s1. The van der Waals surface area contributed by atoms with Gasteiger partial charge in [0.2, 0.25) is 5.95 Å². The number of hydrogen-bond acceptors (Lipinski definition) is 4. The average Bonchev–Trinajstić information content (AvgIpc) is 2.99. The van der Waals surface area contributed by atoms with E-state index in [9.17, 15) is 9.00 Å². The number of rotatable bonds is 3. The first-order valence-corrected chi connectivity index (χ1v) is 13.0. The summed E-state index contributed by atoms with van der Waals surface area (Å²) in [6, 6.07) is 6.75. The number of aromatic nitrogens is 2. The number of benzene rings is 1. The maximum Gasteiger partial charge on any atom is 0.268 e. The molecular formula is C23H31IN4O2S. The molecule has 1 spiro atoms. The number of aryl methyl sites for hydroxylation is 1. The predicted octanol–water partition coefficient (Wildman–Crippen LogP) is 3.63. The van der Waals surface area contributed by atoms with E-state index < -0.39 is 11.0 Å². The smallest absolute Gasteiger partial charge is 0.268 e. The minimum absolute atomic E-state index is 0.00486. The van der Waals surface area contributed by atoms with Gasteiger partial charge >= 0.3 is 0 Å². The van der Waals surface area contributed by atoms with Gasteiger partial charge in [-0.05, 0) is 86.1 Å². The molecule has 1 aliphatic heterocycles. The molecule has 1 fully saturated rings. The summed E-state index contributed by atoms with van der Waals surface area (Å²) in [4.78, 5) is 19.1. The van der Waals surface area contributed by atoms with Crippen molar-refractivity contribution >= 4 is 39.5 Å². The Morgan fingerprint density at radius 2 is 1.94 bits per heavy atom. The molecule has 0 saturated carbocycles. The van der Waals surface area contributed by atoms with Crippen molar-refractivity contribution < 1.29 is 4.21 Å². The highest BCUT2D eigenvalue weighted by atomic mass is 127. The Morgan fingerprint density at radius 1 is 1.26 bits per heavy atom. The van der Waals surface area contributed by atoms with Crippen LogP contribution in [0, 0.1) is 15.9 Å². The quantitative estimate of drug-likeness (QED) is 0.589. The van der Waals surface area contributed by atoms with Crippen LogP contribution in [0.2, 0.25) is 0 Å². The Kier molecular flexibility index (Phi) is 6.11. The number of hydrogen-bond donors (Lipinski definition) is 1. The minimum Gasteiger partial charge on any atom is -0.342 e. The van der Waals surface area contributed by atoms with Crippen LogP contribution in [-0.4, -0.2) is 31.6 Å². The van der Waals surface area contributed by atoms with Gasteiger partial charge in [-0.15, -0.1) is 0 Å². The fraction of sp³-hybridized carbons (Fsp3) is 0.565. The number of nitrogens with one attached hydrogen (secondary N) is 1. The summed E-state index contributed by atoms with van der Waals surface area (Å²) < 4.78 is 18.6. The molecule has 31 heavy (non-hydrogen) atoms. The van der Waals surface area contributed by atoms with E-state index in [0.29, 0.717) is 3.57 Å². The van der Waals surface area contributed by atoms with Crippen molar-refractivity contribution in [2.75, 3.05) is 18.0 Å². The highest BCUT2D eigenvalue weighted by molar-refractivity contribution is 14.1. The zero-order valence-corrected chi connectivity index (χ0v) is 21.8. The molecule has 2 heterocycles. The van der Waals surface area contributed by atoms with Crippen LogP contribution in [-0.2, 0) is 24.5 Å². The Labute approximate surface area is 200 Å². The van der Waals surface area contributed by atoms with E-state index in [2.05, 4.69) is 39.7 Å². The van der Waals surface area contributed by atoms with Crippen molar-refractivity contribution in [3.05, 3.63) is 55.0 Å². The van der Waals surface area contributed by atoms with Crippen molar-refractivity contribution in [3.8, 4) is 0 Å². The molecule has 0 amide bonds. The first kappa shape index (κ1) is 22.9. The van der Waals surface area contributed by atoms with Gasteiger partial charge in [-0.3, -0.25) is 9.36 Å². The maximum atomic E-state index is 13.1. The fourth-order valence-corrected chi connectivity index (χ4v) is 6.29. The van der Waals surface area contributed by atoms with E-state index in [1.54, 1.807) is 17.8 Å². The lowest BCUT2D eigenvalue weighted by atomic mass is 9.73. The Morgan fingerprint density at radius 3 is 2.58 bits per heavy atom. The van der Waals surface area contributed by atoms with Crippen LogP contribution in [0.25, 0.3) is 0 Å². The highest BCUT2D eigenvalue weighted by Crippen LogP contribution is 2.52. The van der Waals surface area contributed by atoms with Crippen molar-refractivity contribution in [1.29, 1.82) is 0 Å². The molecule has 0 bridgehead atoms. The van der Waals surface area contributed by atoms with Gasteiger partial charge in [0, 0.05) is 26.3 Å². The molecule has 0 radical (unpaired) electrons. The second-order valence-electron chi connectivity index (χ2n) is 9.93. The zero-order valence-electron chi connectivity index (χ0n) is 18.9. The molecule has 2 aromatic rings. The number of halogens is 1. The molecule has 1 aromatic carbocycles. The van der Waals surface area contributed by atoms with Gasteiger partial charge in [0.25, 0.3) is 5.56 Å². The molecule has 1 aliphatic carbocycles. The van der Waals surface area contributed by atoms with Gasteiger partial charge in [0.05, 0.1) is 25.3 Å². The summed E-state index contributed by atoms with van der Waals surface area (Å²) in [5, 5.41) is 0. The van der Waals surface area contributed by atoms with E-state index in [-0.39, 0.29) is 21.8 Å². The van der Waals surface area contributed by atoms with Gasteiger partial charge in [-0.25, -0.2) is 13.9 Å². The lowest BCUT2D eigenvalue weighted by Gasteiger charge is -2.44. The van der Waals surface area contributed by atoms with Crippen LogP contribution < -0.4 is 15.2 Å². The van der Waals surface area contributed by atoms with Crippen LogP contribution in [0.15, 0.2) is 29.2 Å². The summed E-state index contributed by atoms with van der Waals surface area (Å²) in [6.07, 6.45) is 4.57. The summed E-state index contributed by atoms with van der Waals surface area (Å²) in [7, 11) is 0.649. The topological polar surface area (TPSA) is 67.2 Å². The van der Waals surface area contributed by atoms with Crippen molar-refractivity contribution in [2.24, 2.45) is 12.5 Å². The lowest BCUT2D eigenvalue weighted by Crippen LogP contribution is -2.48. The van der Waals surface area contributed by atoms with Gasteiger partial charge in [0.1, 0.15) is 0 Å². The largest absolute Gasteiger partial charge is 0.342 e. The summed E-state index contributed by atoms with van der Waals surface area (Å²) in [5.41, 5.74) is 3.91. The van der Waals surface area contributed by atoms with E-state index in [0.717, 1.165) is 38.3 Å². The molecule has 8 heteroatoms. The average molecular weight is 554 g/mol. The Balaban J connectivity index is 1.63. The number of nitrogens with zero attached hydrogens (tertiary/aromatic N) is 3.